The van der Waals surface area contributed by atoms with Crippen molar-refractivity contribution < 1.29 is 33.3 Å². The first-order chi connectivity index (χ1) is 19.9. The molecule has 2 heterocycles. The third kappa shape index (κ3) is 5.81. The van der Waals surface area contributed by atoms with Crippen molar-refractivity contribution >= 4 is 23.1 Å². The van der Waals surface area contributed by atoms with Crippen LogP contribution in [0.3, 0.4) is 0 Å². The van der Waals surface area contributed by atoms with E-state index in [1.54, 1.807) is 23.5 Å². The van der Waals surface area contributed by atoms with Gasteiger partial charge >= 0.3 is 5.97 Å². The summed E-state index contributed by atoms with van der Waals surface area (Å²) in [6.07, 6.45) is 0.981. The van der Waals surface area contributed by atoms with Crippen molar-refractivity contribution in [3.63, 3.8) is 0 Å². The van der Waals surface area contributed by atoms with E-state index < -0.39 is 17.8 Å². The van der Waals surface area contributed by atoms with Gasteiger partial charge in [-0.2, -0.15) is 0 Å². The summed E-state index contributed by atoms with van der Waals surface area (Å²) in [5.41, 5.74) is 2.47. The molecule has 0 bridgehead atoms. The molecule has 3 unspecified atom stereocenters. The van der Waals surface area contributed by atoms with Gasteiger partial charge in [0.25, 0.3) is 0 Å². The summed E-state index contributed by atoms with van der Waals surface area (Å²) in [5, 5.41) is 5.33. The molecular weight excluding hydrogens is 542 g/mol. The van der Waals surface area contributed by atoms with E-state index >= 15 is 0 Å². The highest BCUT2D eigenvalue weighted by molar-refractivity contribution is 7.10. The zero-order chi connectivity index (χ0) is 28.9. The molecule has 0 spiro atoms. The first-order valence-corrected chi connectivity index (χ1v) is 14.2. The van der Waals surface area contributed by atoms with Gasteiger partial charge in [0.2, 0.25) is 5.75 Å². The molecule has 1 aromatic heterocycles. The van der Waals surface area contributed by atoms with Gasteiger partial charge in [-0.3, -0.25) is 9.59 Å². The van der Waals surface area contributed by atoms with Gasteiger partial charge in [0, 0.05) is 40.1 Å². The Balaban J connectivity index is 1.50. The Morgan fingerprint density at radius 3 is 2.34 bits per heavy atom. The molecule has 1 aliphatic heterocycles. The van der Waals surface area contributed by atoms with Crippen LogP contribution in [0.2, 0.25) is 0 Å². The van der Waals surface area contributed by atoms with Crippen LogP contribution in [-0.2, 0) is 14.3 Å². The summed E-state index contributed by atoms with van der Waals surface area (Å²) < 4.78 is 28.1. The fraction of sp³-hybridized carbons (Fsp3) is 0.312. The Morgan fingerprint density at radius 1 is 0.976 bits per heavy atom. The summed E-state index contributed by atoms with van der Waals surface area (Å²) in [4.78, 5) is 28.7. The van der Waals surface area contributed by atoms with Crippen LogP contribution in [0.5, 0.6) is 23.0 Å². The summed E-state index contributed by atoms with van der Waals surface area (Å²) in [6.45, 7) is 4.45. The summed E-state index contributed by atoms with van der Waals surface area (Å²) in [6, 6.07) is 16.9. The van der Waals surface area contributed by atoms with Crippen LogP contribution < -0.4 is 24.3 Å². The number of thiophene rings is 1. The second-order valence-electron chi connectivity index (χ2n) is 9.83. The first-order valence-electron chi connectivity index (χ1n) is 13.3. The van der Waals surface area contributed by atoms with Gasteiger partial charge in [0.05, 0.1) is 21.3 Å². The van der Waals surface area contributed by atoms with Crippen molar-refractivity contribution in [3.05, 3.63) is 94.0 Å². The lowest BCUT2D eigenvalue weighted by molar-refractivity contribution is -0.148. The maximum atomic E-state index is 13.9. The number of hydrogen-bond acceptors (Lipinski definition) is 9. The van der Waals surface area contributed by atoms with E-state index in [-0.39, 0.29) is 24.9 Å². The second kappa shape index (κ2) is 12.5. The Hall–Kier alpha value is -4.24. The number of ketones is 1. The standard InChI is InChI=1S/C32H33NO7S/c1-19-28(32(35)40-13-12-39-22-9-6-5-7-10-22)29(21-17-25(36-2)31(38-4)26(18-21)37-3)30-23(33-19)15-20(16-24(30)34)27-11-8-14-41-27/h5-11,14,17-18,20,28-29,33H,1,12-13,15-16H2,2-4H3. The number of carbonyl (C=O) groups excluding carboxylic acids is 2. The van der Waals surface area contributed by atoms with Crippen LogP contribution in [0.4, 0.5) is 0 Å². The molecular formula is C32H33NO7S. The molecule has 1 N–H and O–H groups in total. The second-order valence-corrected chi connectivity index (χ2v) is 10.8. The number of esters is 1. The highest BCUT2D eigenvalue weighted by atomic mass is 32.1. The third-order valence-corrected chi connectivity index (χ3v) is 8.46. The van der Waals surface area contributed by atoms with Gasteiger partial charge in [-0.15, -0.1) is 11.3 Å². The Kier molecular flexibility index (Phi) is 8.64. The van der Waals surface area contributed by atoms with Crippen molar-refractivity contribution in [1.82, 2.24) is 5.32 Å². The number of rotatable bonds is 10. The zero-order valence-corrected chi connectivity index (χ0v) is 24.1. The maximum Gasteiger partial charge on any atom is 0.316 e. The van der Waals surface area contributed by atoms with E-state index in [0.29, 0.717) is 52.7 Å². The predicted molar refractivity (Wildman–Crippen MR) is 156 cm³/mol. The summed E-state index contributed by atoms with van der Waals surface area (Å²) in [5.74, 6) is -0.0297. The number of Topliss-reactive ketones (excluding diaryl/α,β-unsaturated/α-hetero) is 1. The van der Waals surface area contributed by atoms with Crippen LogP contribution in [0, 0.1) is 5.92 Å². The number of methoxy groups -OCH3 is 3. The van der Waals surface area contributed by atoms with E-state index in [9.17, 15) is 9.59 Å². The Bertz CT molecular complexity index is 1420. The van der Waals surface area contributed by atoms with E-state index in [0.717, 1.165) is 10.6 Å². The molecule has 1 aliphatic carbocycles. The van der Waals surface area contributed by atoms with Crippen molar-refractivity contribution in [3.8, 4) is 23.0 Å². The summed E-state index contributed by atoms with van der Waals surface area (Å²) in [7, 11) is 4.59. The molecule has 2 aromatic carbocycles. The van der Waals surface area contributed by atoms with Crippen LogP contribution in [0.1, 0.15) is 35.1 Å². The predicted octanol–water partition coefficient (Wildman–Crippen LogP) is 5.61. The van der Waals surface area contributed by atoms with Crippen molar-refractivity contribution in [1.29, 1.82) is 0 Å². The zero-order valence-electron chi connectivity index (χ0n) is 23.3. The fourth-order valence-corrected chi connectivity index (χ4v) is 6.43. The average Bonchev–Trinajstić information content (AvgIpc) is 3.53. The minimum absolute atomic E-state index is 0.0198. The van der Waals surface area contributed by atoms with Crippen LogP contribution in [0.15, 0.2) is 83.5 Å². The average molecular weight is 576 g/mol. The first kappa shape index (κ1) is 28.3. The quantitative estimate of drug-likeness (QED) is 0.246. The van der Waals surface area contributed by atoms with Crippen LogP contribution in [-0.4, -0.2) is 46.3 Å². The van der Waals surface area contributed by atoms with E-state index in [4.69, 9.17) is 23.7 Å². The molecule has 9 heteroatoms. The fourth-order valence-electron chi connectivity index (χ4n) is 5.60. The molecule has 0 radical (unpaired) electrons. The molecule has 3 atom stereocenters. The lowest BCUT2D eigenvalue weighted by Gasteiger charge is -2.40. The van der Waals surface area contributed by atoms with Crippen molar-refractivity contribution in [2.45, 2.75) is 24.7 Å². The molecule has 0 saturated carbocycles. The highest BCUT2D eigenvalue weighted by Crippen LogP contribution is 2.50. The normalized spacial score (nSPS) is 20.1. The molecule has 0 fully saturated rings. The number of benzene rings is 2. The molecule has 214 valence electrons. The SMILES string of the molecule is C=C1NC2=C(C(=O)CC(c3cccs3)C2)C(c2cc(OC)c(OC)c(OC)c2)C1C(=O)OCCOc1ccccc1. The smallest absolute Gasteiger partial charge is 0.316 e. The Morgan fingerprint density at radius 2 is 1.71 bits per heavy atom. The number of nitrogens with one attached hydrogen (secondary N) is 1. The van der Waals surface area contributed by atoms with Crippen LogP contribution >= 0.6 is 11.3 Å². The number of allylic oxidation sites excluding steroid dienone is 2. The molecule has 8 nitrogen and oxygen atoms in total. The number of hydrogen-bond donors (Lipinski definition) is 1. The van der Waals surface area contributed by atoms with Crippen molar-refractivity contribution in [2.24, 2.45) is 5.92 Å². The molecule has 5 rings (SSSR count). The third-order valence-electron chi connectivity index (χ3n) is 7.42. The van der Waals surface area contributed by atoms with Crippen molar-refractivity contribution in [2.75, 3.05) is 34.5 Å². The number of para-hydroxylation sites is 1. The highest BCUT2D eigenvalue weighted by Gasteiger charge is 2.46. The maximum absolute atomic E-state index is 13.9. The molecule has 3 aromatic rings. The lowest BCUT2D eigenvalue weighted by Crippen LogP contribution is -2.42. The van der Waals surface area contributed by atoms with E-state index in [1.165, 1.54) is 21.3 Å². The van der Waals surface area contributed by atoms with Gasteiger partial charge in [0.1, 0.15) is 24.9 Å². The Labute approximate surface area is 243 Å². The molecule has 2 aliphatic rings. The minimum atomic E-state index is -0.865. The van der Waals surface area contributed by atoms with Gasteiger partial charge in [-0.05, 0) is 47.7 Å². The van der Waals surface area contributed by atoms with Gasteiger partial charge in [0.15, 0.2) is 17.3 Å². The topological polar surface area (TPSA) is 92.3 Å². The number of ether oxygens (including phenoxy) is 5. The van der Waals surface area contributed by atoms with Gasteiger partial charge in [-0.1, -0.05) is 30.8 Å². The largest absolute Gasteiger partial charge is 0.493 e. The molecule has 41 heavy (non-hydrogen) atoms. The molecule has 0 saturated heterocycles. The van der Waals surface area contributed by atoms with E-state index in [2.05, 4.69) is 18.0 Å². The summed E-state index contributed by atoms with van der Waals surface area (Å²) >= 11 is 1.64. The number of carbonyl (C=O) groups is 2. The minimum Gasteiger partial charge on any atom is -0.493 e. The lowest BCUT2D eigenvalue weighted by atomic mass is 9.69. The van der Waals surface area contributed by atoms with Crippen LogP contribution in [0.25, 0.3) is 0 Å². The van der Waals surface area contributed by atoms with E-state index in [1.807, 2.05) is 41.8 Å². The van der Waals surface area contributed by atoms with Gasteiger partial charge < -0.3 is 29.0 Å². The monoisotopic (exact) mass is 575 g/mol. The van der Waals surface area contributed by atoms with Gasteiger partial charge in [-0.25, -0.2) is 0 Å². The molecule has 0 amide bonds.